The van der Waals surface area contributed by atoms with Gasteiger partial charge in [0.1, 0.15) is 5.01 Å². The summed E-state index contributed by atoms with van der Waals surface area (Å²) in [4.78, 5) is 5.40. The van der Waals surface area contributed by atoms with Crippen LogP contribution in [0.15, 0.2) is 21.3 Å². The number of hydrogen-bond acceptors (Lipinski definition) is 4. The fraction of sp³-hybridized carbons (Fsp3) is 0.125. The van der Waals surface area contributed by atoms with Gasteiger partial charge in [0.05, 0.1) is 17.2 Å². The molecule has 13 heavy (non-hydrogen) atoms. The fourth-order valence-corrected chi connectivity index (χ4v) is 3.22. The van der Waals surface area contributed by atoms with E-state index in [-0.39, 0.29) is 6.61 Å². The Balaban J connectivity index is 2.41. The first-order valence-electron chi connectivity index (χ1n) is 3.60. The van der Waals surface area contributed by atoms with E-state index in [0.717, 1.165) is 20.1 Å². The summed E-state index contributed by atoms with van der Waals surface area (Å²) in [5, 5.41) is 13.6. The van der Waals surface area contributed by atoms with E-state index in [9.17, 15) is 0 Å². The number of aliphatic hydroxyl groups is 1. The van der Waals surface area contributed by atoms with E-state index >= 15 is 0 Å². The Morgan fingerprint density at radius 2 is 2.31 bits per heavy atom. The first kappa shape index (κ1) is 9.33. The van der Waals surface area contributed by atoms with Gasteiger partial charge >= 0.3 is 0 Å². The van der Waals surface area contributed by atoms with Gasteiger partial charge in [0.25, 0.3) is 0 Å². The van der Waals surface area contributed by atoms with Crippen molar-refractivity contribution < 1.29 is 5.11 Å². The maximum absolute atomic E-state index is 8.86. The van der Waals surface area contributed by atoms with Crippen LogP contribution in [0.5, 0.6) is 0 Å². The summed E-state index contributed by atoms with van der Waals surface area (Å²) in [6.45, 7) is 0.0215. The highest BCUT2D eigenvalue weighted by Crippen LogP contribution is 2.33. The molecule has 0 amide bonds. The molecule has 0 aliphatic carbocycles. The Morgan fingerprint density at radius 1 is 1.46 bits per heavy atom. The third-order valence-electron chi connectivity index (χ3n) is 1.54. The van der Waals surface area contributed by atoms with Crippen LogP contribution in [0, 0.1) is 0 Å². The van der Waals surface area contributed by atoms with Crippen LogP contribution in [-0.2, 0) is 6.61 Å². The van der Waals surface area contributed by atoms with E-state index in [0.29, 0.717) is 0 Å². The van der Waals surface area contributed by atoms with Crippen molar-refractivity contribution in [1.29, 1.82) is 0 Å². The topological polar surface area (TPSA) is 33.1 Å². The van der Waals surface area contributed by atoms with E-state index in [2.05, 4.69) is 20.9 Å². The Labute approximate surface area is 92.0 Å². The van der Waals surface area contributed by atoms with Crippen LogP contribution >= 0.6 is 38.6 Å². The van der Waals surface area contributed by atoms with Crippen molar-refractivity contribution in [3.63, 3.8) is 0 Å². The lowest BCUT2D eigenvalue weighted by molar-refractivity contribution is 0.281. The van der Waals surface area contributed by atoms with Crippen LogP contribution in [0.4, 0.5) is 0 Å². The molecule has 2 nitrogen and oxygen atoms in total. The van der Waals surface area contributed by atoms with Gasteiger partial charge in [-0.2, -0.15) is 0 Å². The number of nitrogens with zero attached hydrogens (tertiary/aromatic N) is 1. The van der Waals surface area contributed by atoms with Crippen molar-refractivity contribution in [3.05, 3.63) is 26.3 Å². The molecule has 0 spiro atoms. The molecule has 2 heterocycles. The van der Waals surface area contributed by atoms with E-state index in [1.54, 1.807) is 11.3 Å². The van der Waals surface area contributed by atoms with Gasteiger partial charge in [0.15, 0.2) is 0 Å². The van der Waals surface area contributed by atoms with Gasteiger partial charge in [-0.1, -0.05) is 0 Å². The maximum Gasteiger partial charge on any atom is 0.119 e. The van der Waals surface area contributed by atoms with Gasteiger partial charge in [-0.25, -0.2) is 4.98 Å². The zero-order valence-corrected chi connectivity index (χ0v) is 9.75. The molecule has 2 aromatic rings. The van der Waals surface area contributed by atoms with Crippen molar-refractivity contribution in [1.82, 2.24) is 4.98 Å². The van der Waals surface area contributed by atoms with Crippen LogP contribution in [0.25, 0.3) is 10.6 Å². The first-order chi connectivity index (χ1) is 6.31. The van der Waals surface area contributed by atoms with Crippen molar-refractivity contribution in [3.8, 4) is 10.6 Å². The number of thiazole rings is 1. The molecule has 2 aromatic heterocycles. The molecule has 1 N–H and O–H groups in total. The predicted molar refractivity (Wildman–Crippen MR) is 59.0 cm³/mol. The lowest BCUT2D eigenvalue weighted by Gasteiger charge is -1.90. The van der Waals surface area contributed by atoms with Crippen LogP contribution in [-0.4, -0.2) is 10.1 Å². The Bertz CT molecular complexity index is 410. The highest BCUT2D eigenvalue weighted by atomic mass is 79.9. The highest BCUT2D eigenvalue weighted by Gasteiger charge is 2.08. The molecular formula is C8H6BrNOS2. The number of thiophene rings is 1. The summed E-state index contributed by atoms with van der Waals surface area (Å²) in [5.74, 6) is 0. The van der Waals surface area contributed by atoms with Crippen molar-refractivity contribution in [2.45, 2.75) is 6.61 Å². The standard InChI is InChI=1S/C8H6BrNOS2/c9-5-1-2-12-8(5)6-4-13-7(3-11)10-6/h1-2,4,11H,3H2. The molecule has 0 unspecified atom stereocenters. The number of aromatic nitrogens is 1. The quantitative estimate of drug-likeness (QED) is 0.914. The SMILES string of the molecule is OCc1nc(-c2sccc2Br)cs1. The van der Waals surface area contributed by atoms with Crippen LogP contribution in [0.1, 0.15) is 5.01 Å². The number of rotatable bonds is 2. The third-order valence-corrected chi connectivity index (χ3v) is 4.23. The van der Waals surface area contributed by atoms with Crippen LogP contribution < -0.4 is 0 Å². The monoisotopic (exact) mass is 275 g/mol. The van der Waals surface area contributed by atoms with Crippen molar-refractivity contribution in [2.24, 2.45) is 0 Å². The smallest absolute Gasteiger partial charge is 0.119 e. The average Bonchev–Trinajstić information content (AvgIpc) is 2.71. The summed E-state index contributed by atoms with van der Waals surface area (Å²) in [6.07, 6.45) is 0. The van der Waals surface area contributed by atoms with Gasteiger partial charge in [0.2, 0.25) is 0 Å². The Hall–Kier alpha value is -0.230. The minimum Gasteiger partial charge on any atom is -0.389 e. The molecule has 0 bridgehead atoms. The molecule has 0 aliphatic heterocycles. The van der Waals surface area contributed by atoms with Crippen molar-refractivity contribution in [2.75, 3.05) is 0 Å². The third kappa shape index (κ3) is 1.83. The summed E-state index contributed by atoms with van der Waals surface area (Å²) in [7, 11) is 0. The molecule has 0 aliphatic rings. The number of halogens is 1. The molecule has 0 saturated carbocycles. The lowest BCUT2D eigenvalue weighted by Crippen LogP contribution is -1.80. The molecule has 5 heteroatoms. The summed E-state index contributed by atoms with van der Waals surface area (Å²) < 4.78 is 1.06. The molecule has 0 atom stereocenters. The van der Waals surface area contributed by atoms with E-state index in [1.165, 1.54) is 11.3 Å². The van der Waals surface area contributed by atoms with Gasteiger partial charge in [-0.05, 0) is 27.4 Å². The molecule has 0 aromatic carbocycles. The Kier molecular flexibility index (Phi) is 2.78. The number of aliphatic hydroxyl groups excluding tert-OH is 1. The zero-order valence-electron chi connectivity index (χ0n) is 6.53. The summed E-state index contributed by atoms with van der Waals surface area (Å²) >= 11 is 6.57. The van der Waals surface area contributed by atoms with Gasteiger partial charge in [0, 0.05) is 9.85 Å². The first-order valence-corrected chi connectivity index (χ1v) is 6.15. The molecule has 2 rings (SSSR count). The second-order valence-corrected chi connectivity index (χ2v) is 5.10. The summed E-state index contributed by atoms with van der Waals surface area (Å²) in [5.41, 5.74) is 0.941. The minimum absolute atomic E-state index is 0.0215. The molecule has 0 radical (unpaired) electrons. The second kappa shape index (κ2) is 3.88. The normalized spacial score (nSPS) is 10.6. The maximum atomic E-state index is 8.86. The second-order valence-electron chi connectivity index (χ2n) is 2.38. The molecule has 68 valence electrons. The lowest BCUT2D eigenvalue weighted by atomic mass is 10.4. The van der Waals surface area contributed by atoms with Crippen LogP contribution in [0.3, 0.4) is 0 Å². The fourth-order valence-electron chi connectivity index (χ4n) is 0.964. The van der Waals surface area contributed by atoms with E-state index in [4.69, 9.17) is 5.11 Å². The average molecular weight is 276 g/mol. The van der Waals surface area contributed by atoms with E-state index in [1.807, 2.05) is 16.8 Å². The van der Waals surface area contributed by atoms with Crippen molar-refractivity contribution >= 4 is 38.6 Å². The van der Waals surface area contributed by atoms with Gasteiger partial charge < -0.3 is 5.11 Å². The predicted octanol–water partition coefficient (Wildman–Crippen LogP) is 3.13. The highest BCUT2D eigenvalue weighted by molar-refractivity contribution is 9.10. The molecule has 0 saturated heterocycles. The van der Waals surface area contributed by atoms with Crippen LogP contribution in [0.2, 0.25) is 0 Å². The Morgan fingerprint density at radius 3 is 2.85 bits per heavy atom. The number of hydrogen-bond donors (Lipinski definition) is 1. The minimum atomic E-state index is 0.0215. The largest absolute Gasteiger partial charge is 0.389 e. The zero-order chi connectivity index (χ0) is 9.26. The summed E-state index contributed by atoms with van der Waals surface area (Å²) in [6, 6.07) is 2.00. The molecule has 0 fully saturated rings. The van der Waals surface area contributed by atoms with Gasteiger partial charge in [-0.3, -0.25) is 0 Å². The van der Waals surface area contributed by atoms with E-state index < -0.39 is 0 Å². The van der Waals surface area contributed by atoms with Gasteiger partial charge in [-0.15, -0.1) is 22.7 Å². The molecular weight excluding hydrogens is 270 g/mol.